The van der Waals surface area contributed by atoms with E-state index in [1.54, 1.807) is 10.6 Å². The third-order valence-corrected chi connectivity index (χ3v) is 3.49. The maximum absolute atomic E-state index is 13.4. The van der Waals surface area contributed by atoms with E-state index < -0.39 is 0 Å². The van der Waals surface area contributed by atoms with E-state index in [1.165, 1.54) is 12.1 Å². The number of hydrogen-bond donors (Lipinski definition) is 1. The van der Waals surface area contributed by atoms with Crippen LogP contribution < -0.4 is 5.73 Å². The zero-order valence-electron chi connectivity index (χ0n) is 10.1. The zero-order chi connectivity index (χ0) is 13.6. The molecule has 6 heteroatoms. The molecule has 0 aliphatic rings. The van der Waals surface area contributed by atoms with Crippen molar-refractivity contribution in [3.63, 3.8) is 0 Å². The molecule has 3 rings (SSSR count). The average Bonchev–Trinajstić information content (AvgIpc) is 2.68. The third-order valence-electron chi connectivity index (χ3n) is 2.82. The number of aryl methyl sites for hydroxylation is 1. The van der Waals surface area contributed by atoms with Gasteiger partial charge in [-0.25, -0.2) is 14.4 Å². The lowest BCUT2D eigenvalue weighted by atomic mass is 10.3. The average molecular weight is 321 g/mol. The Labute approximate surface area is 117 Å². The van der Waals surface area contributed by atoms with E-state index in [0.717, 1.165) is 10.2 Å². The summed E-state index contributed by atoms with van der Waals surface area (Å²) in [5.41, 5.74) is 8.65. The molecule has 0 radical (unpaired) electrons. The first-order chi connectivity index (χ1) is 9.06. The van der Waals surface area contributed by atoms with Crippen LogP contribution in [-0.2, 0) is 0 Å². The fourth-order valence-electron chi connectivity index (χ4n) is 1.96. The SMILES string of the molecule is Cc1ccc2nc(N)n(-c3cc(F)ccc3Br)c2n1. The van der Waals surface area contributed by atoms with Crippen molar-refractivity contribution in [2.24, 2.45) is 0 Å². The van der Waals surface area contributed by atoms with E-state index >= 15 is 0 Å². The van der Waals surface area contributed by atoms with Gasteiger partial charge in [-0.05, 0) is 53.2 Å². The molecule has 0 unspecified atom stereocenters. The van der Waals surface area contributed by atoms with Crippen molar-refractivity contribution in [1.29, 1.82) is 0 Å². The summed E-state index contributed by atoms with van der Waals surface area (Å²) in [7, 11) is 0. The van der Waals surface area contributed by atoms with Crippen LogP contribution in [-0.4, -0.2) is 14.5 Å². The highest BCUT2D eigenvalue weighted by molar-refractivity contribution is 9.10. The molecule has 2 heterocycles. The van der Waals surface area contributed by atoms with Crippen molar-refractivity contribution in [2.45, 2.75) is 6.92 Å². The third kappa shape index (κ3) is 1.98. The van der Waals surface area contributed by atoms with Gasteiger partial charge in [-0.2, -0.15) is 0 Å². The lowest BCUT2D eigenvalue weighted by Crippen LogP contribution is -2.03. The van der Waals surface area contributed by atoms with Crippen LogP contribution in [0.5, 0.6) is 0 Å². The highest BCUT2D eigenvalue weighted by atomic mass is 79.9. The molecule has 1 aromatic carbocycles. The Morgan fingerprint density at radius 2 is 2.00 bits per heavy atom. The summed E-state index contributed by atoms with van der Waals surface area (Å²) >= 11 is 3.39. The van der Waals surface area contributed by atoms with Crippen molar-refractivity contribution >= 4 is 33.0 Å². The molecular formula is C13H10BrFN4. The number of imidazole rings is 1. The Hall–Kier alpha value is -1.95. The molecule has 0 aliphatic carbocycles. The van der Waals surface area contributed by atoms with Gasteiger partial charge in [-0.3, -0.25) is 4.57 Å². The highest BCUT2D eigenvalue weighted by Crippen LogP contribution is 2.28. The number of aromatic nitrogens is 3. The monoisotopic (exact) mass is 320 g/mol. The van der Waals surface area contributed by atoms with Crippen LogP contribution in [0, 0.1) is 12.7 Å². The molecule has 2 N–H and O–H groups in total. The van der Waals surface area contributed by atoms with Gasteiger partial charge in [0.05, 0.1) is 5.69 Å². The van der Waals surface area contributed by atoms with Gasteiger partial charge in [0.25, 0.3) is 0 Å². The Morgan fingerprint density at radius 1 is 1.21 bits per heavy atom. The number of fused-ring (bicyclic) bond motifs is 1. The van der Waals surface area contributed by atoms with Crippen molar-refractivity contribution < 1.29 is 4.39 Å². The molecule has 2 aromatic heterocycles. The molecule has 0 spiro atoms. The molecule has 0 atom stereocenters. The van der Waals surface area contributed by atoms with E-state index in [1.807, 2.05) is 19.1 Å². The van der Waals surface area contributed by atoms with Crippen LogP contribution in [0.15, 0.2) is 34.8 Å². The highest BCUT2D eigenvalue weighted by Gasteiger charge is 2.14. The van der Waals surface area contributed by atoms with Crippen molar-refractivity contribution in [3.05, 3.63) is 46.3 Å². The van der Waals surface area contributed by atoms with Gasteiger partial charge in [0.2, 0.25) is 5.95 Å². The molecule has 96 valence electrons. The molecule has 0 fully saturated rings. The van der Waals surface area contributed by atoms with Gasteiger partial charge in [0.1, 0.15) is 11.3 Å². The minimum Gasteiger partial charge on any atom is -0.369 e. The van der Waals surface area contributed by atoms with Crippen LogP contribution in [0.1, 0.15) is 5.69 Å². The van der Waals surface area contributed by atoms with Crippen LogP contribution in [0.25, 0.3) is 16.9 Å². The quantitative estimate of drug-likeness (QED) is 0.749. The minimum absolute atomic E-state index is 0.277. The minimum atomic E-state index is -0.341. The normalized spacial score (nSPS) is 11.1. The van der Waals surface area contributed by atoms with E-state index in [0.29, 0.717) is 16.9 Å². The largest absolute Gasteiger partial charge is 0.369 e. The second-order valence-corrected chi connectivity index (χ2v) is 5.05. The number of nitrogen functional groups attached to an aromatic ring is 1. The molecular weight excluding hydrogens is 311 g/mol. The number of anilines is 1. The zero-order valence-corrected chi connectivity index (χ0v) is 11.6. The summed E-state index contributed by atoms with van der Waals surface area (Å²) in [5.74, 6) is -0.0634. The van der Waals surface area contributed by atoms with E-state index in [4.69, 9.17) is 5.73 Å². The molecule has 4 nitrogen and oxygen atoms in total. The van der Waals surface area contributed by atoms with E-state index in [9.17, 15) is 4.39 Å². The standard InChI is InChI=1S/C13H10BrFN4/c1-7-2-5-10-12(17-7)19(13(16)18-10)11-6-8(15)3-4-9(11)14/h2-6H,1H3,(H2,16,18). The summed E-state index contributed by atoms with van der Waals surface area (Å²) in [6, 6.07) is 8.11. The van der Waals surface area contributed by atoms with Gasteiger partial charge >= 0.3 is 0 Å². The number of halogens is 2. The summed E-state index contributed by atoms with van der Waals surface area (Å²) in [4.78, 5) is 8.66. The summed E-state index contributed by atoms with van der Waals surface area (Å²) < 4.78 is 15.8. The van der Waals surface area contributed by atoms with Gasteiger partial charge in [-0.15, -0.1) is 0 Å². The predicted molar refractivity (Wildman–Crippen MR) is 75.7 cm³/mol. The smallest absolute Gasteiger partial charge is 0.207 e. The van der Waals surface area contributed by atoms with Crippen molar-refractivity contribution in [1.82, 2.24) is 14.5 Å². The second-order valence-electron chi connectivity index (χ2n) is 4.20. The molecule has 19 heavy (non-hydrogen) atoms. The lowest BCUT2D eigenvalue weighted by Gasteiger charge is -2.08. The van der Waals surface area contributed by atoms with E-state index in [2.05, 4.69) is 25.9 Å². The summed E-state index contributed by atoms with van der Waals surface area (Å²) in [6.45, 7) is 1.88. The van der Waals surface area contributed by atoms with Crippen LogP contribution in [0.2, 0.25) is 0 Å². The van der Waals surface area contributed by atoms with Crippen LogP contribution in [0.4, 0.5) is 10.3 Å². The number of pyridine rings is 1. The molecule has 0 bridgehead atoms. The van der Waals surface area contributed by atoms with Gasteiger partial charge in [0, 0.05) is 10.2 Å². The molecule has 3 aromatic rings. The predicted octanol–water partition coefficient (Wildman–Crippen LogP) is 3.21. The Kier molecular flexibility index (Phi) is 2.74. The first-order valence-electron chi connectivity index (χ1n) is 5.63. The first kappa shape index (κ1) is 12.1. The van der Waals surface area contributed by atoms with Gasteiger partial charge in [-0.1, -0.05) is 0 Å². The number of rotatable bonds is 1. The topological polar surface area (TPSA) is 56.7 Å². The maximum atomic E-state index is 13.4. The Bertz CT molecular complexity index is 782. The maximum Gasteiger partial charge on any atom is 0.207 e. The first-order valence-corrected chi connectivity index (χ1v) is 6.42. The number of nitrogens with zero attached hydrogens (tertiary/aromatic N) is 3. The number of hydrogen-bond acceptors (Lipinski definition) is 3. The molecule has 0 amide bonds. The van der Waals surface area contributed by atoms with Gasteiger partial charge in [0.15, 0.2) is 5.65 Å². The van der Waals surface area contributed by atoms with Crippen LogP contribution in [0.3, 0.4) is 0 Å². The fourth-order valence-corrected chi connectivity index (χ4v) is 2.39. The van der Waals surface area contributed by atoms with Gasteiger partial charge < -0.3 is 5.73 Å². The molecule has 0 aliphatic heterocycles. The number of nitrogens with two attached hydrogens (primary N) is 1. The summed E-state index contributed by atoms with van der Waals surface area (Å²) in [5, 5.41) is 0. The second kappa shape index (κ2) is 4.31. The lowest BCUT2D eigenvalue weighted by molar-refractivity contribution is 0.626. The Morgan fingerprint density at radius 3 is 2.79 bits per heavy atom. The van der Waals surface area contributed by atoms with Crippen LogP contribution >= 0.6 is 15.9 Å². The van der Waals surface area contributed by atoms with Crippen molar-refractivity contribution in [3.8, 4) is 5.69 Å². The summed E-state index contributed by atoms with van der Waals surface area (Å²) in [6.07, 6.45) is 0. The molecule has 0 saturated heterocycles. The molecule has 0 saturated carbocycles. The van der Waals surface area contributed by atoms with E-state index in [-0.39, 0.29) is 11.8 Å². The Balaban J connectivity index is 2.38. The number of benzene rings is 1. The fraction of sp³-hybridized carbons (Fsp3) is 0.0769. The van der Waals surface area contributed by atoms with Crippen molar-refractivity contribution in [2.75, 3.05) is 5.73 Å².